The van der Waals surface area contributed by atoms with Crippen LogP contribution in [-0.4, -0.2) is 31.9 Å². The first kappa shape index (κ1) is 13.0. The van der Waals surface area contributed by atoms with Gasteiger partial charge in [-0.2, -0.15) is 0 Å². The van der Waals surface area contributed by atoms with Gasteiger partial charge in [-0.15, -0.1) is 0 Å². The maximum Gasteiger partial charge on any atom is 0.295 e. The summed E-state index contributed by atoms with van der Waals surface area (Å²) in [6.07, 6.45) is -1.31. The van der Waals surface area contributed by atoms with E-state index in [-0.39, 0.29) is 11.8 Å². The van der Waals surface area contributed by atoms with E-state index in [1.54, 1.807) is 0 Å². The fraction of sp³-hybridized carbons (Fsp3) is 0.818. The fourth-order valence-corrected chi connectivity index (χ4v) is 2.38. The molecule has 4 atom stereocenters. The third-order valence-electron chi connectivity index (χ3n) is 3.00. The Kier molecular flexibility index (Phi) is 4.73. The van der Waals surface area contributed by atoms with Crippen molar-refractivity contribution in [3.05, 3.63) is 0 Å². The van der Waals surface area contributed by atoms with Crippen LogP contribution in [0.15, 0.2) is 0 Å². The van der Waals surface area contributed by atoms with E-state index < -0.39 is 12.4 Å². The summed E-state index contributed by atoms with van der Waals surface area (Å²) in [7, 11) is 0. The summed E-state index contributed by atoms with van der Waals surface area (Å²) >= 11 is 0. The first-order chi connectivity index (χ1) is 7.61. The number of carbonyl (C=O) groups excluding carboxylic acids is 2. The summed E-state index contributed by atoms with van der Waals surface area (Å²) in [6, 6.07) is 0. The Bertz CT molecular complexity index is 241. The van der Waals surface area contributed by atoms with Crippen LogP contribution in [0.2, 0.25) is 0 Å². The summed E-state index contributed by atoms with van der Waals surface area (Å²) in [5, 5.41) is 0. The average molecular weight is 230 g/mol. The summed E-state index contributed by atoms with van der Waals surface area (Å²) in [5.41, 5.74) is 0. The van der Waals surface area contributed by atoms with Crippen molar-refractivity contribution in [1.82, 2.24) is 0 Å². The lowest BCUT2D eigenvalue weighted by atomic mass is 9.78. The largest absolute Gasteiger partial charge is 0.458 e. The quantitative estimate of drug-likeness (QED) is 0.658. The lowest BCUT2D eigenvalue weighted by molar-refractivity contribution is -0.241. The van der Waals surface area contributed by atoms with Gasteiger partial charge in [0, 0.05) is 5.92 Å². The average Bonchev–Trinajstić information content (AvgIpc) is 2.22. The van der Waals surface area contributed by atoms with Crippen LogP contribution in [0.25, 0.3) is 0 Å². The van der Waals surface area contributed by atoms with E-state index in [1.807, 2.05) is 20.8 Å². The number of hydrogen-bond acceptors (Lipinski definition) is 5. The molecule has 92 valence electrons. The van der Waals surface area contributed by atoms with Crippen molar-refractivity contribution >= 4 is 12.9 Å². The summed E-state index contributed by atoms with van der Waals surface area (Å²) in [5.74, 6) is 0.710. The molecule has 4 unspecified atom stereocenters. The molecule has 1 fully saturated rings. The van der Waals surface area contributed by atoms with Crippen molar-refractivity contribution in [1.29, 1.82) is 0 Å². The van der Waals surface area contributed by atoms with E-state index in [9.17, 15) is 9.59 Å². The summed E-state index contributed by atoms with van der Waals surface area (Å²) in [6.45, 7) is 7.32. The van der Waals surface area contributed by atoms with E-state index in [0.29, 0.717) is 25.5 Å². The highest BCUT2D eigenvalue weighted by atomic mass is 16.7. The van der Waals surface area contributed by atoms with Crippen molar-refractivity contribution in [2.75, 3.05) is 6.61 Å². The zero-order chi connectivity index (χ0) is 12.1. The second-order valence-electron chi connectivity index (χ2n) is 4.43. The van der Waals surface area contributed by atoms with Crippen molar-refractivity contribution in [3.63, 3.8) is 0 Å². The van der Waals surface area contributed by atoms with Crippen LogP contribution in [0.1, 0.15) is 20.8 Å². The highest BCUT2D eigenvalue weighted by Crippen LogP contribution is 2.33. The van der Waals surface area contributed by atoms with Crippen LogP contribution in [0, 0.1) is 17.8 Å². The molecule has 16 heavy (non-hydrogen) atoms. The van der Waals surface area contributed by atoms with E-state index in [4.69, 9.17) is 14.2 Å². The molecule has 0 aromatic carbocycles. The zero-order valence-corrected chi connectivity index (χ0v) is 9.79. The molecule has 1 heterocycles. The van der Waals surface area contributed by atoms with Crippen LogP contribution >= 0.6 is 0 Å². The van der Waals surface area contributed by atoms with Crippen LogP contribution in [0.4, 0.5) is 0 Å². The van der Waals surface area contributed by atoms with Gasteiger partial charge in [-0.1, -0.05) is 20.8 Å². The monoisotopic (exact) mass is 230 g/mol. The molecule has 5 nitrogen and oxygen atoms in total. The van der Waals surface area contributed by atoms with Gasteiger partial charge in [0.2, 0.25) is 6.29 Å². The van der Waals surface area contributed by atoms with Gasteiger partial charge in [0.15, 0.2) is 6.10 Å². The smallest absolute Gasteiger partial charge is 0.295 e. The molecule has 0 bridgehead atoms. The van der Waals surface area contributed by atoms with E-state index >= 15 is 0 Å². The standard InChI is InChI=1S/C11H18O5/c1-7(2)9-8(3)4-14-11(16-6-13)10(9)15-5-12/h5-11H,4H2,1-3H3. The van der Waals surface area contributed by atoms with Crippen molar-refractivity contribution < 1.29 is 23.8 Å². The van der Waals surface area contributed by atoms with Gasteiger partial charge in [-0.3, -0.25) is 9.59 Å². The van der Waals surface area contributed by atoms with E-state index in [0.717, 1.165) is 0 Å². The Balaban J connectivity index is 2.81. The van der Waals surface area contributed by atoms with E-state index in [1.165, 1.54) is 0 Å². The Hall–Kier alpha value is -1.10. The van der Waals surface area contributed by atoms with Gasteiger partial charge >= 0.3 is 0 Å². The first-order valence-corrected chi connectivity index (χ1v) is 5.41. The maximum absolute atomic E-state index is 10.5. The molecule has 0 saturated carbocycles. The molecule has 5 heteroatoms. The molecule has 1 rings (SSSR count). The molecule has 0 amide bonds. The number of hydrogen-bond donors (Lipinski definition) is 0. The number of rotatable bonds is 5. The van der Waals surface area contributed by atoms with Gasteiger partial charge < -0.3 is 14.2 Å². The van der Waals surface area contributed by atoms with Crippen molar-refractivity contribution in [2.24, 2.45) is 17.8 Å². The second-order valence-corrected chi connectivity index (χ2v) is 4.43. The highest BCUT2D eigenvalue weighted by Gasteiger charge is 2.42. The second kappa shape index (κ2) is 5.84. The molecule has 0 radical (unpaired) electrons. The molecular formula is C11H18O5. The zero-order valence-electron chi connectivity index (χ0n) is 9.79. The minimum Gasteiger partial charge on any atom is -0.458 e. The minimum absolute atomic E-state index is 0.129. The molecule has 1 saturated heterocycles. The van der Waals surface area contributed by atoms with Crippen molar-refractivity contribution in [2.45, 2.75) is 33.2 Å². The predicted molar refractivity (Wildman–Crippen MR) is 55.3 cm³/mol. The lowest BCUT2D eigenvalue weighted by Crippen LogP contribution is -2.50. The summed E-state index contributed by atoms with van der Waals surface area (Å²) < 4.78 is 15.1. The van der Waals surface area contributed by atoms with Crippen LogP contribution in [0.3, 0.4) is 0 Å². The molecule has 0 aromatic heterocycles. The van der Waals surface area contributed by atoms with Gasteiger partial charge in [0.25, 0.3) is 12.9 Å². The molecule has 1 aliphatic rings. The van der Waals surface area contributed by atoms with E-state index in [2.05, 4.69) is 0 Å². The normalized spacial score (nSPS) is 34.5. The van der Waals surface area contributed by atoms with Crippen LogP contribution in [-0.2, 0) is 23.8 Å². The molecule has 0 aliphatic carbocycles. The Morgan fingerprint density at radius 1 is 1.25 bits per heavy atom. The maximum atomic E-state index is 10.5. The van der Waals surface area contributed by atoms with Gasteiger partial charge in [0.1, 0.15) is 0 Å². The highest BCUT2D eigenvalue weighted by molar-refractivity contribution is 5.39. The Morgan fingerprint density at radius 3 is 2.38 bits per heavy atom. The van der Waals surface area contributed by atoms with Crippen molar-refractivity contribution in [3.8, 4) is 0 Å². The van der Waals surface area contributed by atoms with Gasteiger partial charge in [-0.05, 0) is 11.8 Å². The van der Waals surface area contributed by atoms with Crippen LogP contribution in [0.5, 0.6) is 0 Å². The molecule has 0 N–H and O–H groups in total. The number of ether oxygens (including phenoxy) is 3. The summed E-state index contributed by atoms with van der Waals surface area (Å²) in [4.78, 5) is 20.8. The van der Waals surface area contributed by atoms with Crippen LogP contribution < -0.4 is 0 Å². The van der Waals surface area contributed by atoms with Gasteiger partial charge in [-0.25, -0.2) is 0 Å². The third-order valence-corrected chi connectivity index (χ3v) is 3.00. The Labute approximate surface area is 95.0 Å². The Morgan fingerprint density at radius 2 is 1.88 bits per heavy atom. The lowest BCUT2D eigenvalue weighted by Gasteiger charge is -2.41. The molecular weight excluding hydrogens is 212 g/mol. The first-order valence-electron chi connectivity index (χ1n) is 5.41. The molecule has 1 aliphatic heterocycles. The molecule has 0 aromatic rings. The predicted octanol–water partition coefficient (Wildman–Crippen LogP) is 0.966. The fourth-order valence-electron chi connectivity index (χ4n) is 2.38. The minimum atomic E-state index is -0.786. The topological polar surface area (TPSA) is 61.8 Å². The molecule has 0 spiro atoms. The third kappa shape index (κ3) is 2.72. The number of carbonyl (C=O) groups is 2. The van der Waals surface area contributed by atoms with Gasteiger partial charge in [0.05, 0.1) is 6.61 Å². The SMILES string of the molecule is CC(C)C1C(C)COC(OC=O)C1OC=O.